The predicted molar refractivity (Wildman–Crippen MR) is 64.0 cm³/mol. The summed E-state index contributed by atoms with van der Waals surface area (Å²) in [6.45, 7) is 1.53. The van der Waals surface area contributed by atoms with E-state index in [4.69, 9.17) is 0 Å². The minimum absolute atomic E-state index is 0.0356. The van der Waals surface area contributed by atoms with Gasteiger partial charge in [0.15, 0.2) is 5.69 Å². The van der Waals surface area contributed by atoms with Crippen LogP contribution >= 0.6 is 15.9 Å². The van der Waals surface area contributed by atoms with Gasteiger partial charge in [-0.15, -0.1) is 0 Å². The third kappa shape index (κ3) is 2.32. The van der Waals surface area contributed by atoms with Crippen molar-refractivity contribution in [2.75, 3.05) is 7.11 Å². The van der Waals surface area contributed by atoms with Gasteiger partial charge in [0.25, 0.3) is 0 Å². The molecular formula is C11H8BrF3N2O2. The van der Waals surface area contributed by atoms with Gasteiger partial charge < -0.3 is 4.74 Å². The zero-order valence-corrected chi connectivity index (χ0v) is 11.5. The number of hydrogen-bond acceptors (Lipinski definition) is 3. The Hall–Kier alpha value is -1.57. The topological polar surface area (TPSA) is 43.6 Å². The number of pyridine rings is 1. The summed E-state index contributed by atoms with van der Waals surface area (Å²) in [6.07, 6.45) is -3.34. The Morgan fingerprint density at radius 3 is 2.63 bits per heavy atom. The van der Waals surface area contributed by atoms with Crippen molar-refractivity contribution in [3.63, 3.8) is 0 Å². The number of rotatable bonds is 1. The summed E-state index contributed by atoms with van der Waals surface area (Å²) in [4.78, 5) is 15.5. The van der Waals surface area contributed by atoms with Crippen LogP contribution in [0.15, 0.2) is 16.7 Å². The minimum Gasteiger partial charge on any atom is -0.464 e. The highest BCUT2D eigenvalue weighted by molar-refractivity contribution is 9.10. The Morgan fingerprint density at radius 2 is 2.11 bits per heavy atom. The molecule has 0 aliphatic heterocycles. The van der Waals surface area contributed by atoms with E-state index in [-0.39, 0.29) is 15.8 Å². The Labute approximate surface area is 114 Å². The first kappa shape index (κ1) is 13.9. The normalized spacial score (nSPS) is 11.9. The van der Waals surface area contributed by atoms with Crippen LogP contribution in [0.3, 0.4) is 0 Å². The first-order chi connectivity index (χ1) is 8.75. The Bertz CT molecular complexity index is 664. The lowest BCUT2D eigenvalue weighted by molar-refractivity contribution is -0.138. The molecule has 4 nitrogen and oxygen atoms in total. The smallest absolute Gasteiger partial charge is 0.417 e. The molecule has 102 valence electrons. The van der Waals surface area contributed by atoms with Crippen LogP contribution in [0.5, 0.6) is 0 Å². The molecule has 2 aromatic heterocycles. The Morgan fingerprint density at radius 1 is 1.47 bits per heavy atom. The van der Waals surface area contributed by atoms with Crippen molar-refractivity contribution >= 4 is 27.5 Å². The third-order valence-electron chi connectivity index (χ3n) is 2.57. The summed E-state index contributed by atoms with van der Waals surface area (Å²) in [5, 5.41) is 0. The van der Waals surface area contributed by atoms with Gasteiger partial charge >= 0.3 is 12.1 Å². The van der Waals surface area contributed by atoms with Gasteiger partial charge in [-0.05, 0) is 28.9 Å². The van der Waals surface area contributed by atoms with Crippen LogP contribution in [-0.2, 0) is 10.9 Å². The van der Waals surface area contributed by atoms with Gasteiger partial charge in [0.2, 0.25) is 0 Å². The number of halogens is 4. The van der Waals surface area contributed by atoms with Crippen LogP contribution in [0.25, 0.3) is 5.65 Å². The molecule has 0 saturated carbocycles. The van der Waals surface area contributed by atoms with Crippen LogP contribution in [0, 0.1) is 6.92 Å². The summed E-state index contributed by atoms with van der Waals surface area (Å²) in [5.41, 5.74) is -0.403. The number of ether oxygens (including phenoxy) is 1. The number of carbonyl (C=O) groups is 1. The summed E-state index contributed by atoms with van der Waals surface area (Å²) in [5.74, 6) is -0.656. The molecule has 2 heterocycles. The van der Waals surface area contributed by atoms with E-state index in [1.54, 1.807) is 0 Å². The molecule has 0 fully saturated rings. The zero-order chi connectivity index (χ0) is 14.4. The molecule has 0 bridgehead atoms. The van der Waals surface area contributed by atoms with E-state index in [0.717, 1.165) is 12.3 Å². The zero-order valence-electron chi connectivity index (χ0n) is 9.88. The molecule has 0 aromatic carbocycles. The highest BCUT2D eigenvalue weighted by Gasteiger charge is 2.34. The summed E-state index contributed by atoms with van der Waals surface area (Å²) in [6, 6.07) is 0.878. The average Bonchev–Trinajstić information content (AvgIpc) is 2.61. The van der Waals surface area contributed by atoms with Gasteiger partial charge in [-0.3, -0.25) is 4.40 Å². The van der Waals surface area contributed by atoms with Crippen LogP contribution in [0.4, 0.5) is 13.2 Å². The fourth-order valence-electron chi connectivity index (χ4n) is 1.74. The van der Waals surface area contributed by atoms with Crippen molar-refractivity contribution in [2.45, 2.75) is 13.1 Å². The highest BCUT2D eigenvalue weighted by Crippen LogP contribution is 2.35. The molecule has 2 aromatic rings. The number of fused-ring (bicyclic) bond motifs is 1. The molecular weight excluding hydrogens is 329 g/mol. The van der Waals surface area contributed by atoms with E-state index in [0.29, 0.717) is 5.69 Å². The number of esters is 1. The molecule has 0 saturated heterocycles. The van der Waals surface area contributed by atoms with Gasteiger partial charge in [-0.2, -0.15) is 13.2 Å². The van der Waals surface area contributed by atoms with Crippen molar-refractivity contribution in [3.8, 4) is 0 Å². The van der Waals surface area contributed by atoms with E-state index >= 15 is 0 Å². The van der Waals surface area contributed by atoms with E-state index < -0.39 is 17.7 Å². The number of aromatic nitrogens is 2. The van der Waals surface area contributed by atoms with Crippen molar-refractivity contribution in [3.05, 3.63) is 33.7 Å². The summed E-state index contributed by atoms with van der Waals surface area (Å²) in [7, 11) is 1.19. The van der Waals surface area contributed by atoms with E-state index in [1.807, 2.05) is 0 Å². The van der Waals surface area contributed by atoms with Gasteiger partial charge in [0, 0.05) is 10.7 Å². The molecule has 0 unspecified atom stereocenters. The summed E-state index contributed by atoms with van der Waals surface area (Å²) < 4.78 is 43.9. The Kier molecular flexibility index (Phi) is 3.29. The summed E-state index contributed by atoms with van der Waals surface area (Å²) >= 11 is 2.85. The lowest BCUT2D eigenvalue weighted by Gasteiger charge is -2.10. The first-order valence-corrected chi connectivity index (χ1v) is 5.88. The molecule has 0 radical (unpaired) electrons. The maximum Gasteiger partial charge on any atom is 0.417 e. The van der Waals surface area contributed by atoms with Crippen LogP contribution in [0.2, 0.25) is 0 Å². The van der Waals surface area contributed by atoms with Crippen LogP contribution < -0.4 is 0 Å². The van der Waals surface area contributed by atoms with Gasteiger partial charge in [-0.1, -0.05) is 0 Å². The van der Waals surface area contributed by atoms with Crippen LogP contribution in [0.1, 0.15) is 21.7 Å². The number of nitrogens with zero attached hydrogens (tertiary/aromatic N) is 2. The first-order valence-electron chi connectivity index (χ1n) is 5.09. The van der Waals surface area contributed by atoms with Gasteiger partial charge in [0.1, 0.15) is 5.65 Å². The third-order valence-corrected chi connectivity index (χ3v) is 3.20. The SMILES string of the molecule is COC(=O)c1c(C)nc2cc(C(F)(F)F)c(Br)cn12. The molecule has 0 aliphatic carbocycles. The predicted octanol–water partition coefficient (Wildman–Crippen LogP) is 3.21. The monoisotopic (exact) mass is 336 g/mol. The molecule has 0 atom stereocenters. The van der Waals surface area contributed by atoms with Crippen LogP contribution in [-0.4, -0.2) is 22.5 Å². The maximum absolute atomic E-state index is 12.8. The van der Waals surface area contributed by atoms with Crippen molar-refractivity contribution in [1.29, 1.82) is 0 Å². The molecule has 0 N–H and O–H groups in total. The van der Waals surface area contributed by atoms with E-state index in [2.05, 4.69) is 25.7 Å². The maximum atomic E-state index is 12.8. The van der Waals surface area contributed by atoms with Crippen molar-refractivity contribution in [2.24, 2.45) is 0 Å². The van der Waals surface area contributed by atoms with Crippen molar-refractivity contribution in [1.82, 2.24) is 9.38 Å². The lowest BCUT2D eigenvalue weighted by Crippen LogP contribution is -2.10. The number of carbonyl (C=O) groups excluding carboxylic acids is 1. The fraction of sp³-hybridized carbons (Fsp3) is 0.273. The quantitative estimate of drug-likeness (QED) is 0.751. The van der Waals surface area contributed by atoms with Gasteiger partial charge in [-0.25, -0.2) is 9.78 Å². The number of aryl methyl sites for hydroxylation is 1. The van der Waals surface area contributed by atoms with E-state index in [9.17, 15) is 18.0 Å². The van der Waals surface area contributed by atoms with Crippen molar-refractivity contribution < 1.29 is 22.7 Å². The van der Waals surface area contributed by atoms with Gasteiger partial charge in [0.05, 0.1) is 18.4 Å². The lowest BCUT2D eigenvalue weighted by atomic mass is 10.2. The average molecular weight is 337 g/mol. The van der Waals surface area contributed by atoms with E-state index in [1.165, 1.54) is 18.4 Å². The highest BCUT2D eigenvalue weighted by atomic mass is 79.9. The molecule has 2 rings (SSSR count). The number of imidazole rings is 1. The minimum atomic E-state index is -4.49. The Balaban J connectivity index is 2.75. The number of alkyl halides is 3. The number of hydrogen-bond donors (Lipinski definition) is 0. The fourth-order valence-corrected chi connectivity index (χ4v) is 2.28. The molecule has 0 aliphatic rings. The standard InChI is InChI=1S/C11H8BrF3N2O2/c1-5-9(10(18)19-2)17-4-7(12)6(11(13,14)15)3-8(17)16-5/h3-4H,1-2H3. The second-order valence-corrected chi connectivity index (χ2v) is 4.65. The number of methoxy groups -OCH3 is 1. The second kappa shape index (κ2) is 4.52. The largest absolute Gasteiger partial charge is 0.464 e. The molecule has 8 heteroatoms. The molecule has 0 amide bonds. The second-order valence-electron chi connectivity index (χ2n) is 3.80. The molecule has 19 heavy (non-hydrogen) atoms. The molecule has 0 spiro atoms.